The summed E-state index contributed by atoms with van der Waals surface area (Å²) in [5.74, 6) is 0.860. The summed E-state index contributed by atoms with van der Waals surface area (Å²) < 4.78 is 0. The minimum atomic E-state index is 0.766. The highest BCUT2D eigenvalue weighted by molar-refractivity contribution is 4.94. The Kier molecular flexibility index (Phi) is 6.14. The van der Waals surface area contributed by atoms with Crippen LogP contribution in [0.2, 0.25) is 0 Å². The Morgan fingerprint density at radius 3 is 2.50 bits per heavy atom. The molecule has 0 saturated carbocycles. The van der Waals surface area contributed by atoms with Crippen LogP contribution in [-0.4, -0.2) is 85.7 Å². The standard InChI is InChI=1S/C18H36N4/c1-3-20(4-2)14-16-7-9-19-13-18(16)22-12-8-17(15-22)21-10-5-6-11-21/h16-19H,3-15H2,1-2H3. The van der Waals surface area contributed by atoms with Gasteiger partial charge in [-0.15, -0.1) is 0 Å². The van der Waals surface area contributed by atoms with E-state index >= 15 is 0 Å². The van der Waals surface area contributed by atoms with E-state index in [0.717, 1.165) is 18.0 Å². The first-order valence-corrected chi connectivity index (χ1v) is 9.73. The lowest BCUT2D eigenvalue weighted by Crippen LogP contribution is -2.54. The number of rotatable bonds is 6. The minimum Gasteiger partial charge on any atom is -0.315 e. The first-order valence-electron chi connectivity index (χ1n) is 9.73. The maximum Gasteiger partial charge on any atom is 0.0262 e. The molecule has 3 heterocycles. The summed E-state index contributed by atoms with van der Waals surface area (Å²) in [5, 5.41) is 3.66. The molecule has 3 rings (SSSR count). The zero-order chi connectivity index (χ0) is 15.4. The number of hydrogen-bond donors (Lipinski definition) is 1. The summed E-state index contributed by atoms with van der Waals surface area (Å²) >= 11 is 0. The van der Waals surface area contributed by atoms with Gasteiger partial charge in [-0.25, -0.2) is 0 Å². The van der Waals surface area contributed by atoms with Gasteiger partial charge in [0, 0.05) is 38.3 Å². The molecule has 1 N–H and O–H groups in total. The van der Waals surface area contributed by atoms with Crippen molar-refractivity contribution in [3.63, 3.8) is 0 Å². The topological polar surface area (TPSA) is 21.8 Å². The Labute approximate surface area is 137 Å². The van der Waals surface area contributed by atoms with Gasteiger partial charge < -0.3 is 10.2 Å². The average molecular weight is 309 g/mol. The quantitative estimate of drug-likeness (QED) is 0.802. The third-order valence-electron chi connectivity index (χ3n) is 6.30. The van der Waals surface area contributed by atoms with Crippen molar-refractivity contribution in [2.75, 3.05) is 58.9 Å². The van der Waals surface area contributed by atoms with Crippen LogP contribution in [0.25, 0.3) is 0 Å². The lowest BCUT2D eigenvalue weighted by atomic mass is 9.91. The smallest absolute Gasteiger partial charge is 0.0262 e. The zero-order valence-corrected chi connectivity index (χ0v) is 14.8. The van der Waals surface area contributed by atoms with Crippen molar-refractivity contribution >= 4 is 0 Å². The Hall–Kier alpha value is -0.160. The van der Waals surface area contributed by atoms with E-state index in [0.29, 0.717) is 0 Å². The molecular formula is C18H36N4. The molecular weight excluding hydrogens is 272 g/mol. The van der Waals surface area contributed by atoms with Gasteiger partial charge >= 0.3 is 0 Å². The van der Waals surface area contributed by atoms with E-state index in [-0.39, 0.29) is 0 Å². The molecule has 0 aliphatic carbocycles. The van der Waals surface area contributed by atoms with Gasteiger partial charge in [-0.2, -0.15) is 0 Å². The highest BCUT2D eigenvalue weighted by atomic mass is 15.3. The SMILES string of the molecule is CCN(CC)CC1CCNCC1N1CCC(N2CCCC2)C1. The van der Waals surface area contributed by atoms with Crippen molar-refractivity contribution < 1.29 is 0 Å². The Morgan fingerprint density at radius 2 is 1.77 bits per heavy atom. The largest absolute Gasteiger partial charge is 0.315 e. The third-order valence-corrected chi connectivity index (χ3v) is 6.30. The fourth-order valence-corrected chi connectivity index (χ4v) is 4.82. The molecule has 4 heteroatoms. The Morgan fingerprint density at radius 1 is 1.00 bits per heavy atom. The van der Waals surface area contributed by atoms with Crippen LogP contribution in [0.3, 0.4) is 0 Å². The fourth-order valence-electron chi connectivity index (χ4n) is 4.82. The van der Waals surface area contributed by atoms with Crippen LogP contribution >= 0.6 is 0 Å². The lowest BCUT2D eigenvalue weighted by molar-refractivity contribution is 0.0994. The first-order chi connectivity index (χ1) is 10.8. The molecule has 128 valence electrons. The summed E-state index contributed by atoms with van der Waals surface area (Å²) in [6.07, 6.45) is 5.60. The van der Waals surface area contributed by atoms with Crippen molar-refractivity contribution in [3.8, 4) is 0 Å². The second kappa shape index (κ2) is 8.09. The number of hydrogen-bond acceptors (Lipinski definition) is 4. The molecule has 3 saturated heterocycles. The van der Waals surface area contributed by atoms with E-state index in [1.807, 2.05) is 0 Å². The molecule has 3 fully saturated rings. The van der Waals surface area contributed by atoms with Gasteiger partial charge in [0.2, 0.25) is 0 Å². The molecule has 0 amide bonds. The second-order valence-corrected chi connectivity index (χ2v) is 7.49. The normalized spacial score (nSPS) is 34.8. The van der Waals surface area contributed by atoms with Crippen molar-refractivity contribution in [2.24, 2.45) is 5.92 Å². The maximum absolute atomic E-state index is 3.66. The number of likely N-dealkylation sites (tertiary alicyclic amines) is 2. The molecule has 3 aliphatic rings. The first kappa shape index (κ1) is 16.7. The second-order valence-electron chi connectivity index (χ2n) is 7.49. The summed E-state index contributed by atoms with van der Waals surface area (Å²) in [6, 6.07) is 1.61. The summed E-state index contributed by atoms with van der Waals surface area (Å²) in [6.45, 7) is 16.1. The molecule has 22 heavy (non-hydrogen) atoms. The van der Waals surface area contributed by atoms with E-state index in [4.69, 9.17) is 0 Å². The monoisotopic (exact) mass is 308 g/mol. The molecule has 3 aliphatic heterocycles. The van der Waals surface area contributed by atoms with Crippen molar-refractivity contribution in [3.05, 3.63) is 0 Å². The predicted molar refractivity (Wildman–Crippen MR) is 93.3 cm³/mol. The maximum atomic E-state index is 3.66. The van der Waals surface area contributed by atoms with Gasteiger partial charge in [-0.1, -0.05) is 13.8 Å². The third kappa shape index (κ3) is 3.84. The molecule has 0 aromatic heterocycles. The van der Waals surface area contributed by atoms with Gasteiger partial charge in [-0.3, -0.25) is 9.80 Å². The highest BCUT2D eigenvalue weighted by Gasteiger charge is 2.37. The van der Waals surface area contributed by atoms with Crippen LogP contribution in [-0.2, 0) is 0 Å². The van der Waals surface area contributed by atoms with E-state index in [1.54, 1.807) is 0 Å². The van der Waals surface area contributed by atoms with Crippen molar-refractivity contribution in [1.82, 2.24) is 20.0 Å². The summed E-state index contributed by atoms with van der Waals surface area (Å²) in [7, 11) is 0. The zero-order valence-electron chi connectivity index (χ0n) is 14.8. The molecule has 0 bridgehead atoms. The molecule has 0 aromatic carbocycles. The van der Waals surface area contributed by atoms with Crippen LogP contribution in [0.5, 0.6) is 0 Å². The molecule has 4 nitrogen and oxygen atoms in total. The van der Waals surface area contributed by atoms with Crippen LogP contribution in [0.4, 0.5) is 0 Å². The highest BCUT2D eigenvalue weighted by Crippen LogP contribution is 2.27. The number of nitrogens with one attached hydrogen (secondary N) is 1. The van der Waals surface area contributed by atoms with E-state index in [1.165, 1.54) is 84.6 Å². The molecule has 0 aromatic rings. The molecule has 0 radical (unpaired) electrons. The van der Waals surface area contributed by atoms with Gasteiger partial charge in [0.1, 0.15) is 0 Å². The minimum absolute atomic E-state index is 0.766. The van der Waals surface area contributed by atoms with Crippen molar-refractivity contribution in [1.29, 1.82) is 0 Å². The van der Waals surface area contributed by atoms with Crippen molar-refractivity contribution in [2.45, 2.75) is 51.6 Å². The summed E-state index contributed by atoms with van der Waals surface area (Å²) in [4.78, 5) is 8.20. The van der Waals surface area contributed by atoms with Gasteiger partial charge in [0.05, 0.1) is 0 Å². The van der Waals surface area contributed by atoms with Crippen LogP contribution in [0.15, 0.2) is 0 Å². The fraction of sp³-hybridized carbons (Fsp3) is 1.00. The van der Waals surface area contributed by atoms with E-state index in [9.17, 15) is 0 Å². The molecule has 0 spiro atoms. The molecule has 3 unspecified atom stereocenters. The van der Waals surface area contributed by atoms with E-state index in [2.05, 4.69) is 33.9 Å². The van der Waals surface area contributed by atoms with Gasteiger partial charge in [0.15, 0.2) is 0 Å². The van der Waals surface area contributed by atoms with Crippen LogP contribution in [0.1, 0.15) is 39.5 Å². The Balaban J connectivity index is 1.56. The van der Waals surface area contributed by atoms with E-state index < -0.39 is 0 Å². The van der Waals surface area contributed by atoms with Crippen LogP contribution in [0, 0.1) is 5.92 Å². The lowest BCUT2D eigenvalue weighted by Gasteiger charge is -2.40. The molecule has 3 atom stereocenters. The Bertz CT molecular complexity index is 325. The average Bonchev–Trinajstić information content (AvgIpc) is 3.23. The van der Waals surface area contributed by atoms with Crippen LogP contribution < -0.4 is 5.32 Å². The predicted octanol–water partition coefficient (Wildman–Crippen LogP) is 1.48. The number of nitrogens with zero attached hydrogens (tertiary/aromatic N) is 3. The van der Waals surface area contributed by atoms with Gasteiger partial charge in [0.25, 0.3) is 0 Å². The van der Waals surface area contributed by atoms with Gasteiger partial charge in [-0.05, 0) is 64.3 Å². The number of piperidine rings is 1. The summed E-state index contributed by atoms with van der Waals surface area (Å²) in [5.41, 5.74) is 0.